The number of nitrogens with zero attached hydrogens (tertiary/aromatic N) is 1. The summed E-state index contributed by atoms with van der Waals surface area (Å²) in [5.74, 6) is 0.148. The summed E-state index contributed by atoms with van der Waals surface area (Å²) >= 11 is 7.77. The summed E-state index contributed by atoms with van der Waals surface area (Å²) in [6.07, 6.45) is 7.30. The SMILES string of the molecule is C[C@@H](CC1=C(Sc2ccc(Cl)cc2)C2=CC=CN(C)C2N1)C(C)(C)O. The Hall–Kier alpha value is -1.36. The summed E-state index contributed by atoms with van der Waals surface area (Å²) in [6, 6.07) is 7.94. The van der Waals surface area contributed by atoms with Crippen molar-refractivity contribution >= 4 is 23.4 Å². The van der Waals surface area contributed by atoms with Crippen molar-refractivity contribution in [1.29, 1.82) is 0 Å². The summed E-state index contributed by atoms with van der Waals surface area (Å²) < 4.78 is 0. The number of nitrogens with one attached hydrogen (secondary N) is 1. The van der Waals surface area contributed by atoms with Crippen LogP contribution in [0.4, 0.5) is 0 Å². The standard InChI is InChI=1S/C20H25ClN2OS/c1-13(20(2,3)24)12-17-18(25-15-9-7-14(21)8-10-15)16-6-5-11-23(4)19(16)22-17/h5-11,13,19,22,24H,12H2,1-4H3/t13-,19?/m0/s1. The monoisotopic (exact) mass is 376 g/mol. The van der Waals surface area contributed by atoms with E-state index in [-0.39, 0.29) is 12.1 Å². The zero-order valence-electron chi connectivity index (χ0n) is 15.1. The minimum atomic E-state index is -0.711. The van der Waals surface area contributed by atoms with Gasteiger partial charge in [-0.25, -0.2) is 0 Å². The third kappa shape index (κ3) is 4.08. The molecule has 3 rings (SSSR count). The summed E-state index contributed by atoms with van der Waals surface area (Å²) in [6.45, 7) is 5.84. The highest BCUT2D eigenvalue weighted by Gasteiger charge is 2.34. The summed E-state index contributed by atoms with van der Waals surface area (Å²) in [4.78, 5) is 4.59. The summed E-state index contributed by atoms with van der Waals surface area (Å²) in [5.41, 5.74) is 1.76. The van der Waals surface area contributed by atoms with Gasteiger partial charge in [-0.15, -0.1) is 0 Å². The molecule has 2 aliphatic heterocycles. The number of rotatable bonds is 5. The molecule has 2 atom stereocenters. The van der Waals surface area contributed by atoms with Crippen LogP contribution in [0.25, 0.3) is 0 Å². The minimum Gasteiger partial charge on any atom is -0.390 e. The number of allylic oxidation sites excluding steroid dienone is 3. The predicted molar refractivity (Wildman–Crippen MR) is 106 cm³/mol. The van der Waals surface area contributed by atoms with Crippen LogP contribution >= 0.6 is 23.4 Å². The van der Waals surface area contributed by atoms with Crippen molar-refractivity contribution < 1.29 is 5.11 Å². The molecule has 25 heavy (non-hydrogen) atoms. The molecule has 0 aromatic heterocycles. The summed E-state index contributed by atoms with van der Waals surface area (Å²) in [7, 11) is 2.08. The molecule has 0 aliphatic carbocycles. The first-order valence-electron chi connectivity index (χ1n) is 8.52. The average molecular weight is 377 g/mol. The number of benzene rings is 1. The van der Waals surface area contributed by atoms with Crippen LogP contribution in [0.1, 0.15) is 27.2 Å². The van der Waals surface area contributed by atoms with Crippen LogP contribution in [0.3, 0.4) is 0 Å². The molecule has 2 N–H and O–H groups in total. The molecule has 1 aromatic rings. The molecular formula is C20H25ClN2OS. The Labute approximate surface area is 159 Å². The van der Waals surface area contributed by atoms with Crippen molar-refractivity contribution in [2.75, 3.05) is 7.05 Å². The fourth-order valence-corrected chi connectivity index (χ4v) is 4.11. The van der Waals surface area contributed by atoms with Gasteiger partial charge < -0.3 is 15.3 Å². The van der Waals surface area contributed by atoms with Crippen LogP contribution < -0.4 is 5.32 Å². The zero-order valence-corrected chi connectivity index (χ0v) is 16.7. The van der Waals surface area contributed by atoms with Gasteiger partial charge >= 0.3 is 0 Å². The number of hydrogen-bond acceptors (Lipinski definition) is 4. The van der Waals surface area contributed by atoms with E-state index in [0.717, 1.165) is 16.3 Å². The van der Waals surface area contributed by atoms with E-state index < -0.39 is 5.60 Å². The Morgan fingerprint density at radius 1 is 1.32 bits per heavy atom. The lowest BCUT2D eigenvalue weighted by Gasteiger charge is -2.29. The van der Waals surface area contributed by atoms with Gasteiger partial charge in [0.25, 0.3) is 0 Å². The molecule has 2 heterocycles. The van der Waals surface area contributed by atoms with Crippen LogP contribution in [-0.2, 0) is 0 Å². The molecule has 0 saturated carbocycles. The largest absolute Gasteiger partial charge is 0.390 e. The first-order chi connectivity index (χ1) is 11.8. The second kappa shape index (κ2) is 7.10. The van der Waals surface area contributed by atoms with Crippen LogP contribution in [-0.4, -0.2) is 28.8 Å². The second-order valence-corrected chi connectivity index (χ2v) is 8.82. The van der Waals surface area contributed by atoms with Gasteiger partial charge in [-0.3, -0.25) is 0 Å². The molecule has 0 saturated heterocycles. The molecule has 1 aromatic carbocycles. The van der Waals surface area contributed by atoms with E-state index in [9.17, 15) is 5.11 Å². The molecule has 0 fully saturated rings. The molecular weight excluding hydrogens is 352 g/mol. The molecule has 5 heteroatoms. The van der Waals surface area contributed by atoms with Gasteiger partial charge in [-0.05, 0) is 56.5 Å². The molecule has 134 valence electrons. The van der Waals surface area contributed by atoms with Gasteiger partial charge in [0.2, 0.25) is 0 Å². The van der Waals surface area contributed by atoms with Gasteiger partial charge in [0.1, 0.15) is 6.17 Å². The van der Waals surface area contributed by atoms with E-state index in [1.165, 1.54) is 16.2 Å². The van der Waals surface area contributed by atoms with E-state index in [1.807, 2.05) is 38.1 Å². The highest BCUT2D eigenvalue weighted by atomic mass is 35.5. The maximum Gasteiger partial charge on any atom is 0.126 e. The minimum absolute atomic E-state index is 0.148. The third-order valence-corrected chi connectivity index (χ3v) is 6.34. The topological polar surface area (TPSA) is 35.5 Å². The van der Waals surface area contributed by atoms with Crippen LogP contribution in [0.5, 0.6) is 0 Å². The lowest BCUT2D eigenvalue weighted by atomic mass is 9.89. The second-order valence-electron chi connectivity index (χ2n) is 7.30. The lowest BCUT2D eigenvalue weighted by molar-refractivity contribution is 0.0243. The Kier molecular flexibility index (Phi) is 5.24. The number of thioether (sulfide) groups is 1. The number of aliphatic hydroxyl groups is 1. The average Bonchev–Trinajstić information content (AvgIpc) is 2.88. The third-order valence-electron chi connectivity index (χ3n) is 4.90. The van der Waals surface area contributed by atoms with Crippen molar-refractivity contribution in [1.82, 2.24) is 10.2 Å². The van der Waals surface area contributed by atoms with Gasteiger partial charge in [-0.2, -0.15) is 0 Å². The molecule has 0 bridgehead atoms. The molecule has 3 nitrogen and oxygen atoms in total. The maximum atomic E-state index is 10.4. The van der Waals surface area contributed by atoms with E-state index in [0.29, 0.717) is 0 Å². The van der Waals surface area contributed by atoms with Crippen LogP contribution in [0.2, 0.25) is 5.02 Å². The van der Waals surface area contributed by atoms with Crippen molar-refractivity contribution in [3.05, 3.63) is 63.8 Å². The molecule has 0 amide bonds. The highest BCUT2D eigenvalue weighted by molar-refractivity contribution is 8.03. The smallest absolute Gasteiger partial charge is 0.126 e. The molecule has 1 unspecified atom stereocenters. The Morgan fingerprint density at radius 3 is 2.64 bits per heavy atom. The quantitative estimate of drug-likeness (QED) is 0.776. The number of fused-ring (bicyclic) bond motifs is 1. The van der Waals surface area contributed by atoms with Crippen molar-refractivity contribution in [2.45, 2.75) is 43.9 Å². The normalized spacial score (nSPS) is 21.1. The number of halogens is 1. The fraction of sp³-hybridized carbons (Fsp3) is 0.400. The number of likely N-dealkylation sites (N-methyl/N-ethyl adjacent to an activating group) is 1. The van der Waals surface area contributed by atoms with E-state index in [2.05, 4.69) is 42.5 Å². The van der Waals surface area contributed by atoms with Crippen LogP contribution in [0.15, 0.2) is 63.7 Å². The van der Waals surface area contributed by atoms with Crippen molar-refractivity contribution in [2.24, 2.45) is 5.92 Å². The first kappa shape index (κ1) is 18.4. The van der Waals surface area contributed by atoms with Crippen molar-refractivity contribution in [3.8, 4) is 0 Å². The fourth-order valence-electron chi connectivity index (χ4n) is 2.91. The predicted octanol–water partition coefficient (Wildman–Crippen LogP) is 4.76. The Balaban J connectivity index is 1.93. The maximum absolute atomic E-state index is 10.4. The van der Waals surface area contributed by atoms with Gasteiger partial charge in [0, 0.05) is 39.3 Å². The number of hydrogen-bond donors (Lipinski definition) is 2. The Bertz CT molecular complexity index is 731. The van der Waals surface area contributed by atoms with Gasteiger partial charge in [0.15, 0.2) is 0 Å². The Morgan fingerprint density at radius 2 is 2.00 bits per heavy atom. The zero-order chi connectivity index (χ0) is 18.2. The van der Waals surface area contributed by atoms with Gasteiger partial charge in [-0.1, -0.05) is 36.4 Å². The first-order valence-corrected chi connectivity index (χ1v) is 9.71. The highest BCUT2D eigenvalue weighted by Crippen LogP contribution is 2.43. The van der Waals surface area contributed by atoms with Crippen molar-refractivity contribution in [3.63, 3.8) is 0 Å². The molecule has 0 spiro atoms. The van der Waals surface area contributed by atoms with Crippen LogP contribution in [0, 0.1) is 5.92 Å². The summed E-state index contributed by atoms with van der Waals surface area (Å²) in [5, 5.41) is 14.8. The lowest BCUT2D eigenvalue weighted by Crippen LogP contribution is -2.39. The molecule has 0 radical (unpaired) electrons. The van der Waals surface area contributed by atoms with Gasteiger partial charge in [0.05, 0.1) is 5.60 Å². The van der Waals surface area contributed by atoms with E-state index in [4.69, 9.17) is 11.6 Å². The molecule has 2 aliphatic rings. The van der Waals surface area contributed by atoms with E-state index in [1.54, 1.807) is 11.8 Å². The van der Waals surface area contributed by atoms with E-state index >= 15 is 0 Å².